The normalized spacial score (nSPS) is 22.6. The van der Waals surface area contributed by atoms with E-state index in [0.717, 1.165) is 32.4 Å². The van der Waals surface area contributed by atoms with Crippen molar-refractivity contribution in [3.63, 3.8) is 0 Å². The SMILES string of the molecule is O=C(O)N1CCN[C@H](CCn2ncc3c2CCCC3)C1. The molecule has 110 valence electrons. The number of nitrogens with one attached hydrogen (secondary N) is 1. The molecule has 0 bridgehead atoms. The van der Waals surface area contributed by atoms with Gasteiger partial charge in [0, 0.05) is 37.9 Å². The molecule has 2 N–H and O–H groups in total. The van der Waals surface area contributed by atoms with Crippen molar-refractivity contribution < 1.29 is 9.90 Å². The number of carbonyl (C=O) groups is 1. The fraction of sp³-hybridized carbons (Fsp3) is 0.714. The minimum absolute atomic E-state index is 0.239. The van der Waals surface area contributed by atoms with Gasteiger partial charge in [-0.3, -0.25) is 4.68 Å². The first kappa shape index (κ1) is 13.4. The highest BCUT2D eigenvalue weighted by Gasteiger charge is 2.23. The van der Waals surface area contributed by atoms with Gasteiger partial charge in [0.15, 0.2) is 0 Å². The van der Waals surface area contributed by atoms with Gasteiger partial charge in [-0.1, -0.05) is 0 Å². The smallest absolute Gasteiger partial charge is 0.407 e. The van der Waals surface area contributed by atoms with Crippen molar-refractivity contribution >= 4 is 6.09 Å². The summed E-state index contributed by atoms with van der Waals surface area (Å²) in [7, 11) is 0. The Bertz CT molecular complexity index is 486. The lowest BCUT2D eigenvalue weighted by Crippen LogP contribution is -2.52. The Hall–Kier alpha value is -1.56. The van der Waals surface area contributed by atoms with Crippen molar-refractivity contribution in [3.8, 4) is 0 Å². The summed E-state index contributed by atoms with van der Waals surface area (Å²) in [6.45, 7) is 2.79. The summed E-state index contributed by atoms with van der Waals surface area (Å²) < 4.78 is 2.12. The van der Waals surface area contributed by atoms with Gasteiger partial charge in [0.25, 0.3) is 0 Å². The van der Waals surface area contributed by atoms with E-state index >= 15 is 0 Å². The molecule has 20 heavy (non-hydrogen) atoms. The zero-order chi connectivity index (χ0) is 13.9. The van der Waals surface area contributed by atoms with E-state index in [4.69, 9.17) is 5.11 Å². The van der Waals surface area contributed by atoms with Crippen LogP contribution in [0.25, 0.3) is 0 Å². The van der Waals surface area contributed by atoms with E-state index in [1.807, 2.05) is 6.20 Å². The van der Waals surface area contributed by atoms with E-state index < -0.39 is 6.09 Å². The molecule has 1 atom stereocenters. The van der Waals surface area contributed by atoms with Crippen LogP contribution in [-0.2, 0) is 19.4 Å². The first-order valence-corrected chi connectivity index (χ1v) is 7.49. The number of amides is 1. The molecule has 1 aliphatic carbocycles. The van der Waals surface area contributed by atoms with Crippen molar-refractivity contribution in [2.75, 3.05) is 19.6 Å². The van der Waals surface area contributed by atoms with E-state index in [0.29, 0.717) is 13.1 Å². The lowest BCUT2D eigenvalue weighted by Gasteiger charge is -2.32. The molecule has 1 aromatic heterocycles. The molecule has 2 heterocycles. The van der Waals surface area contributed by atoms with Gasteiger partial charge in [0.05, 0.1) is 6.20 Å². The molecule has 2 aliphatic rings. The number of piperazine rings is 1. The molecule has 0 spiro atoms. The molecule has 1 amide bonds. The molecule has 1 aromatic rings. The second-order valence-electron chi connectivity index (χ2n) is 5.72. The van der Waals surface area contributed by atoms with Crippen LogP contribution in [0.5, 0.6) is 0 Å². The largest absolute Gasteiger partial charge is 0.465 e. The van der Waals surface area contributed by atoms with Crippen molar-refractivity contribution in [1.29, 1.82) is 0 Å². The van der Waals surface area contributed by atoms with Crippen molar-refractivity contribution in [1.82, 2.24) is 20.0 Å². The third-order valence-electron chi connectivity index (χ3n) is 4.36. The minimum Gasteiger partial charge on any atom is -0.465 e. The molecule has 6 heteroatoms. The van der Waals surface area contributed by atoms with Gasteiger partial charge >= 0.3 is 6.09 Å². The lowest BCUT2D eigenvalue weighted by atomic mass is 9.98. The summed E-state index contributed by atoms with van der Waals surface area (Å²) in [4.78, 5) is 12.5. The Morgan fingerprint density at radius 1 is 1.45 bits per heavy atom. The molecule has 6 nitrogen and oxygen atoms in total. The summed E-state index contributed by atoms with van der Waals surface area (Å²) in [6.07, 6.45) is 6.94. The molecule has 0 aromatic carbocycles. The molecule has 0 unspecified atom stereocenters. The number of rotatable bonds is 3. The minimum atomic E-state index is -0.812. The molecular formula is C14H22N4O2. The monoisotopic (exact) mass is 278 g/mol. The van der Waals surface area contributed by atoms with Gasteiger partial charge in [-0.2, -0.15) is 5.10 Å². The van der Waals surface area contributed by atoms with Crippen molar-refractivity contribution in [2.24, 2.45) is 0 Å². The number of fused-ring (bicyclic) bond motifs is 1. The molecule has 0 radical (unpaired) electrons. The van der Waals surface area contributed by atoms with Crippen LogP contribution in [0.1, 0.15) is 30.5 Å². The Labute approximate surface area is 118 Å². The van der Waals surface area contributed by atoms with E-state index in [9.17, 15) is 4.79 Å². The third kappa shape index (κ3) is 2.80. The summed E-state index contributed by atoms with van der Waals surface area (Å²) in [5.41, 5.74) is 2.79. The molecule has 0 saturated carbocycles. The van der Waals surface area contributed by atoms with Crippen LogP contribution in [-0.4, -0.2) is 51.6 Å². The topological polar surface area (TPSA) is 70.4 Å². The standard InChI is InChI=1S/C14H22N4O2/c19-14(20)17-8-6-15-12(10-17)5-7-18-13-4-2-1-3-11(13)9-16-18/h9,12,15H,1-8,10H2,(H,19,20)/t12-/m1/s1. The second kappa shape index (κ2) is 5.83. The maximum absolute atomic E-state index is 11.0. The molecular weight excluding hydrogens is 256 g/mol. The zero-order valence-corrected chi connectivity index (χ0v) is 11.7. The van der Waals surface area contributed by atoms with E-state index in [-0.39, 0.29) is 6.04 Å². The average Bonchev–Trinajstić information content (AvgIpc) is 2.89. The number of hydrogen-bond donors (Lipinski definition) is 2. The van der Waals surface area contributed by atoms with E-state index in [1.165, 1.54) is 29.0 Å². The average molecular weight is 278 g/mol. The van der Waals surface area contributed by atoms with Gasteiger partial charge in [0.1, 0.15) is 0 Å². The van der Waals surface area contributed by atoms with E-state index in [2.05, 4.69) is 15.1 Å². The van der Waals surface area contributed by atoms with Crippen molar-refractivity contribution in [2.45, 2.75) is 44.7 Å². The van der Waals surface area contributed by atoms with Gasteiger partial charge in [0.2, 0.25) is 0 Å². The molecule has 1 fully saturated rings. The van der Waals surface area contributed by atoms with Crippen LogP contribution in [0, 0.1) is 0 Å². The van der Waals surface area contributed by atoms with E-state index in [1.54, 1.807) is 0 Å². The fourth-order valence-electron chi connectivity index (χ4n) is 3.22. The molecule has 1 aliphatic heterocycles. The second-order valence-corrected chi connectivity index (χ2v) is 5.72. The Balaban J connectivity index is 1.56. The Morgan fingerprint density at radius 3 is 3.15 bits per heavy atom. The highest BCUT2D eigenvalue weighted by atomic mass is 16.4. The van der Waals surface area contributed by atoms with Gasteiger partial charge < -0.3 is 15.3 Å². The summed E-state index contributed by atoms with van der Waals surface area (Å²) in [5.74, 6) is 0. The van der Waals surface area contributed by atoms with Crippen molar-refractivity contribution in [3.05, 3.63) is 17.5 Å². The number of nitrogens with zero attached hydrogens (tertiary/aromatic N) is 3. The first-order valence-electron chi connectivity index (χ1n) is 7.49. The lowest BCUT2D eigenvalue weighted by molar-refractivity contribution is 0.126. The van der Waals surface area contributed by atoms with Crippen LogP contribution in [0.4, 0.5) is 4.79 Å². The maximum atomic E-state index is 11.0. The highest BCUT2D eigenvalue weighted by Crippen LogP contribution is 2.21. The fourth-order valence-corrected chi connectivity index (χ4v) is 3.22. The summed E-state index contributed by atoms with van der Waals surface area (Å²) in [5, 5.41) is 16.9. The van der Waals surface area contributed by atoms with Crippen LogP contribution in [0.15, 0.2) is 6.20 Å². The van der Waals surface area contributed by atoms with Crippen LogP contribution < -0.4 is 5.32 Å². The number of aryl methyl sites for hydroxylation is 2. The number of aromatic nitrogens is 2. The predicted octanol–water partition coefficient (Wildman–Crippen LogP) is 1.10. The van der Waals surface area contributed by atoms with Gasteiger partial charge in [-0.15, -0.1) is 0 Å². The van der Waals surface area contributed by atoms with Crippen LogP contribution >= 0.6 is 0 Å². The number of hydrogen-bond acceptors (Lipinski definition) is 3. The molecule has 1 saturated heterocycles. The van der Waals surface area contributed by atoms with Crippen LogP contribution in [0.2, 0.25) is 0 Å². The Kier molecular flexibility index (Phi) is 3.91. The summed E-state index contributed by atoms with van der Waals surface area (Å²) in [6, 6.07) is 0.239. The third-order valence-corrected chi connectivity index (χ3v) is 4.36. The van der Waals surface area contributed by atoms with Crippen LogP contribution in [0.3, 0.4) is 0 Å². The van der Waals surface area contributed by atoms with Gasteiger partial charge in [-0.05, 0) is 37.7 Å². The summed E-state index contributed by atoms with van der Waals surface area (Å²) >= 11 is 0. The first-order chi connectivity index (χ1) is 9.74. The quantitative estimate of drug-likeness (QED) is 0.868. The van der Waals surface area contributed by atoms with Gasteiger partial charge in [-0.25, -0.2) is 4.79 Å². The molecule has 3 rings (SSSR count). The highest BCUT2D eigenvalue weighted by molar-refractivity contribution is 5.65. The Morgan fingerprint density at radius 2 is 2.30 bits per heavy atom. The maximum Gasteiger partial charge on any atom is 0.407 e. The zero-order valence-electron chi connectivity index (χ0n) is 11.7. The predicted molar refractivity (Wildman–Crippen MR) is 74.9 cm³/mol. The number of carboxylic acid groups (broad SMARTS) is 1.